The van der Waals surface area contributed by atoms with Crippen LogP contribution >= 0.6 is 0 Å². The van der Waals surface area contributed by atoms with Gasteiger partial charge >= 0.3 is 0 Å². The predicted octanol–water partition coefficient (Wildman–Crippen LogP) is 2.30. The molecule has 1 heterocycles. The highest BCUT2D eigenvalue weighted by molar-refractivity contribution is 5.36. The fraction of sp³-hybridized carbons (Fsp3) is 0.562. The van der Waals surface area contributed by atoms with Gasteiger partial charge in [-0.15, -0.1) is 0 Å². The van der Waals surface area contributed by atoms with Crippen LogP contribution in [-0.4, -0.2) is 44.9 Å². The summed E-state index contributed by atoms with van der Waals surface area (Å²) in [6.45, 7) is 4.38. The lowest BCUT2D eigenvalue weighted by molar-refractivity contribution is 0.0405. The molecule has 108 valence electrons. The normalized spacial score (nSPS) is 18.8. The van der Waals surface area contributed by atoms with Crippen molar-refractivity contribution in [2.75, 3.05) is 40.0 Å². The SMILES string of the molecule is CN(CCOc1cccc(C#N)c1)CC1CCCOC1. The Balaban J connectivity index is 1.68. The molecule has 1 saturated heterocycles. The fourth-order valence-electron chi connectivity index (χ4n) is 2.46. The quantitative estimate of drug-likeness (QED) is 0.798. The molecule has 0 aromatic heterocycles. The van der Waals surface area contributed by atoms with Crippen molar-refractivity contribution in [3.63, 3.8) is 0 Å². The van der Waals surface area contributed by atoms with Gasteiger partial charge in [-0.3, -0.25) is 0 Å². The molecular weight excluding hydrogens is 252 g/mol. The van der Waals surface area contributed by atoms with Crippen LogP contribution in [0.4, 0.5) is 0 Å². The number of rotatable bonds is 6. The first-order valence-electron chi connectivity index (χ1n) is 7.17. The Morgan fingerprint density at radius 2 is 2.40 bits per heavy atom. The van der Waals surface area contributed by atoms with E-state index in [9.17, 15) is 0 Å². The largest absolute Gasteiger partial charge is 0.492 e. The third-order valence-corrected chi connectivity index (χ3v) is 3.53. The van der Waals surface area contributed by atoms with Gasteiger partial charge in [-0.1, -0.05) is 6.07 Å². The number of hydrogen-bond donors (Lipinski definition) is 0. The van der Waals surface area contributed by atoms with Crippen molar-refractivity contribution in [1.29, 1.82) is 5.26 Å². The van der Waals surface area contributed by atoms with Crippen LogP contribution in [-0.2, 0) is 4.74 Å². The summed E-state index contributed by atoms with van der Waals surface area (Å²) < 4.78 is 11.2. The Bertz CT molecular complexity index is 450. The van der Waals surface area contributed by atoms with Crippen LogP contribution < -0.4 is 4.74 Å². The Morgan fingerprint density at radius 1 is 1.50 bits per heavy atom. The summed E-state index contributed by atoms with van der Waals surface area (Å²) in [7, 11) is 2.11. The summed E-state index contributed by atoms with van der Waals surface area (Å²) >= 11 is 0. The van der Waals surface area contributed by atoms with Crippen LogP contribution in [0.5, 0.6) is 5.75 Å². The molecule has 2 rings (SSSR count). The minimum Gasteiger partial charge on any atom is -0.492 e. The molecule has 0 amide bonds. The standard InChI is InChI=1S/C16H22N2O2/c1-18(12-15-5-3-8-19-13-15)7-9-20-16-6-2-4-14(10-16)11-17/h2,4,6,10,15H,3,5,7-9,12-13H2,1H3. The Kier molecular flexibility index (Phi) is 5.85. The van der Waals surface area contributed by atoms with Crippen LogP contribution in [0.15, 0.2) is 24.3 Å². The summed E-state index contributed by atoms with van der Waals surface area (Å²) in [5.74, 6) is 1.41. The zero-order valence-electron chi connectivity index (χ0n) is 12.0. The Morgan fingerprint density at radius 3 is 3.15 bits per heavy atom. The third kappa shape index (κ3) is 4.84. The molecule has 0 bridgehead atoms. The molecule has 0 radical (unpaired) electrons. The molecule has 4 nitrogen and oxygen atoms in total. The van der Waals surface area contributed by atoms with Gasteiger partial charge < -0.3 is 14.4 Å². The first-order valence-corrected chi connectivity index (χ1v) is 7.17. The Labute approximate surface area is 120 Å². The zero-order valence-corrected chi connectivity index (χ0v) is 12.0. The number of nitrogens with zero attached hydrogens (tertiary/aromatic N) is 2. The highest BCUT2D eigenvalue weighted by atomic mass is 16.5. The molecule has 0 spiro atoms. The van der Waals surface area contributed by atoms with Crippen molar-refractivity contribution < 1.29 is 9.47 Å². The maximum atomic E-state index is 8.83. The summed E-state index contributed by atoms with van der Waals surface area (Å²) in [6, 6.07) is 9.40. The van der Waals surface area contributed by atoms with E-state index in [0.29, 0.717) is 18.1 Å². The zero-order chi connectivity index (χ0) is 14.2. The van der Waals surface area contributed by atoms with Crippen molar-refractivity contribution >= 4 is 0 Å². The summed E-state index contributed by atoms with van der Waals surface area (Å²) in [5.41, 5.74) is 0.634. The lowest BCUT2D eigenvalue weighted by atomic mass is 10.0. The van der Waals surface area contributed by atoms with Gasteiger partial charge in [0.05, 0.1) is 18.2 Å². The van der Waals surface area contributed by atoms with E-state index >= 15 is 0 Å². The van der Waals surface area contributed by atoms with E-state index in [1.54, 1.807) is 12.1 Å². The molecule has 1 aliphatic heterocycles. The first-order chi connectivity index (χ1) is 9.78. The number of hydrogen-bond acceptors (Lipinski definition) is 4. The third-order valence-electron chi connectivity index (χ3n) is 3.53. The van der Waals surface area contributed by atoms with Crippen LogP contribution in [0.1, 0.15) is 18.4 Å². The van der Waals surface area contributed by atoms with Crippen LogP contribution in [0, 0.1) is 17.2 Å². The molecule has 1 unspecified atom stereocenters. The van der Waals surface area contributed by atoms with Crippen LogP contribution in [0.3, 0.4) is 0 Å². The molecular formula is C16H22N2O2. The number of nitriles is 1. The van der Waals surface area contributed by atoms with Gasteiger partial charge in [-0.2, -0.15) is 5.26 Å². The topological polar surface area (TPSA) is 45.5 Å². The summed E-state index contributed by atoms with van der Waals surface area (Å²) in [6.07, 6.45) is 2.44. The molecule has 20 heavy (non-hydrogen) atoms. The summed E-state index contributed by atoms with van der Waals surface area (Å²) in [5, 5.41) is 8.83. The second-order valence-corrected chi connectivity index (χ2v) is 5.33. The average molecular weight is 274 g/mol. The first kappa shape index (κ1) is 14.8. The van der Waals surface area contributed by atoms with Crippen molar-refractivity contribution in [3.8, 4) is 11.8 Å². The Hall–Kier alpha value is -1.57. The molecule has 4 heteroatoms. The second-order valence-electron chi connectivity index (χ2n) is 5.33. The van der Waals surface area contributed by atoms with E-state index in [1.807, 2.05) is 12.1 Å². The number of ether oxygens (including phenoxy) is 2. The fourth-order valence-corrected chi connectivity index (χ4v) is 2.46. The number of likely N-dealkylation sites (N-methyl/N-ethyl adjacent to an activating group) is 1. The average Bonchev–Trinajstić information content (AvgIpc) is 2.48. The van der Waals surface area contributed by atoms with Crippen LogP contribution in [0.2, 0.25) is 0 Å². The monoisotopic (exact) mass is 274 g/mol. The maximum Gasteiger partial charge on any atom is 0.120 e. The van der Waals surface area contributed by atoms with Crippen molar-refractivity contribution in [2.45, 2.75) is 12.8 Å². The lowest BCUT2D eigenvalue weighted by Gasteiger charge is -2.27. The number of benzene rings is 1. The smallest absolute Gasteiger partial charge is 0.120 e. The van der Waals surface area contributed by atoms with Gasteiger partial charge in [-0.05, 0) is 44.0 Å². The van der Waals surface area contributed by atoms with Crippen molar-refractivity contribution in [1.82, 2.24) is 4.90 Å². The van der Waals surface area contributed by atoms with Crippen molar-refractivity contribution in [2.24, 2.45) is 5.92 Å². The minimum atomic E-state index is 0.634. The molecule has 0 N–H and O–H groups in total. The minimum absolute atomic E-state index is 0.634. The molecule has 0 aliphatic carbocycles. The van der Waals surface area contributed by atoms with Gasteiger partial charge in [-0.25, -0.2) is 0 Å². The summed E-state index contributed by atoms with van der Waals surface area (Å²) in [4.78, 5) is 2.29. The van der Waals surface area contributed by atoms with E-state index < -0.39 is 0 Å². The van der Waals surface area contributed by atoms with E-state index in [4.69, 9.17) is 14.7 Å². The lowest BCUT2D eigenvalue weighted by Crippen LogP contribution is -2.33. The van der Waals surface area contributed by atoms with E-state index in [0.717, 1.165) is 32.1 Å². The second kappa shape index (κ2) is 7.88. The van der Waals surface area contributed by atoms with Gasteiger partial charge in [0.2, 0.25) is 0 Å². The highest BCUT2D eigenvalue weighted by Gasteiger charge is 2.15. The van der Waals surface area contributed by atoms with E-state index in [1.165, 1.54) is 12.8 Å². The molecule has 1 aromatic carbocycles. The van der Waals surface area contributed by atoms with Gasteiger partial charge in [0.1, 0.15) is 12.4 Å². The van der Waals surface area contributed by atoms with E-state index in [-0.39, 0.29) is 0 Å². The molecule has 1 aromatic rings. The van der Waals surface area contributed by atoms with Crippen molar-refractivity contribution in [3.05, 3.63) is 29.8 Å². The van der Waals surface area contributed by atoms with Crippen LogP contribution in [0.25, 0.3) is 0 Å². The van der Waals surface area contributed by atoms with Gasteiger partial charge in [0.15, 0.2) is 0 Å². The molecule has 1 atom stereocenters. The predicted molar refractivity (Wildman–Crippen MR) is 77.7 cm³/mol. The van der Waals surface area contributed by atoms with Gasteiger partial charge in [0.25, 0.3) is 0 Å². The molecule has 1 fully saturated rings. The maximum absolute atomic E-state index is 8.83. The molecule has 1 aliphatic rings. The molecule has 0 saturated carbocycles. The van der Waals surface area contributed by atoms with Gasteiger partial charge in [0, 0.05) is 19.7 Å². The highest BCUT2D eigenvalue weighted by Crippen LogP contribution is 2.15. The van der Waals surface area contributed by atoms with E-state index in [2.05, 4.69) is 18.0 Å².